The van der Waals surface area contributed by atoms with Crippen molar-refractivity contribution >= 4 is 39.0 Å². The van der Waals surface area contributed by atoms with Crippen molar-refractivity contribution in [3.05, 3.63) is 77.3 Å². The second-order valence-electron chi connectivity index (χ2n) is 9.18. The number of rotatable bonds is 7. The van der Waals surface area contributed by atoms with Gasteiger partial charge in [0.2, 0.25) is 10.0 Å². The van der Waals surface area contributed by atoms with Crippen molar-refractivity contribution in [2.45, 2.75) is 30.0 Å². The number of hydrogen-bond donors (Lipinski definition) is 3. The lowest BCUT2D eigenvalue weighted by Crippen LogP contribution is -2.47. The van der Waals surface area contributed by atoms with Crippen molar-refractivity contribution in [1.82, 2.24) is 9.21 Å². The van der Waals surface area contributed by atoms with Crippen molar-refractivity contribution in [2.75, 3.05) is 30.8 Å². The number of hydrogen-bond acceptors (Lipinski definition) is 6. The van der Waals surface area contributed by atoms with Gasteiger partial charge in [0.05, 0.1) is 16.4 Å². The van der Waals surface area contributed by atoms with Crippen LogP contribution in [0, 0.1) is 0 Å². The molecule has 0 aliphatic carbocycles. The van der Waals surface area contributed by atoms with Crippen LogP contribution in [0.15, 0.2) is 71.6 Å². The van der Waals surface area contributed by atoms with Gasteiger partial charge in [0.15, 0.2) is 5.75 Å². The van der Waals surface area contributed by atoms with E-state index >= 15 is 0 Å². The third-order valence-corrected chi connectivity index (χ3v) is 9.16. The number of nitrogens with zero attached hydrogens (tertiary/aromatic N) is 2. The zero-order valence-electron chi connectivity index (χ0n) is 20.1. The summed E-state index contributed by atoms with van der Waals surface area (Å²) in [7, 11) is -2.11. The number of urea groups is 1. The number of para-hydroxylation sites is 2. The van der Waals surface area contributed by atoms with E-state index in [1.54, 1.807) is 24.3 Å². The van der Waals surface area contributed by atoms with Gasteiger partial charge in [-0.1, -0.05) is 54.1 Å². The molecule has 2 heterocycles. The molecule has 2 amide bonds. The van der Waals surface area contributed by atoms with Crippen LogP contribution in [-0.4, -0.2) is 61.0 Å². The molecule has 0 spiro atoms. The summed E-state index contributed by atoms with van der Waals surface area (Å²) in [5, 5.41) is 16.0. The van der Waals surface area contributed by atoms with E-state index in [2.05, 4.69) is 15.5 Å². The molecule has 194 valence electrons. The van der Waals surface area contributed by atoms with Crippen molar-refractivity contribution in [3.63, 3.8) is 0 Å². The maximum atomic E-state index is 13.5. The van der Waals surface area contributed by atoms with Crippen molar-refractivity contribution in [1.29, 1.82) is 0 Å². The Kier molecular flexibility index (Phi) is 7.00. The standard InChI is InChI=1S/C26H27ClN4O5S/c1-30-14-19-13-18(30)15-31(19)37(34,35)25-20(27)11-12-22(24(25)32)29-26(33)28-21-9-5-6-10-23(21)36-16-17-7-3-2-4-8-17/h2-12,18-19,32H,13-16H2,1H3,(H2,28,29,33)/t18-,19-/m0/s1. The van der Waals surface area contributed by atoms with Gasteiger partial charge in [-0.25, -0.2) is 13.2 Å². The Bertz CT molecular complexity index is 1420. The highest BCUT2D eigenvalue weighted by atomic mass is 35.5. The van der Waals surface area contributed by atoms with Crippen molar-refractivity contribution in [3.8, 4) is 11.5 Å². The monoisotopic (exact) mass is 542 g/mol. The van der Waals surface area contributed by atoms with Gasteiger partial charge >= 0.3 is 6.03 Å². The Hall–Kier alpha value is -3.31. The molecular formula is C26H27ClN4O5S. The van der Waals surface area contributed by atoms with E-state index in [1.165, 1.54) is 16.4 Å². The number of phenols is 1. The van der Waals surface area contributed by atoms with Gasteiger partial charge in [0, 0.05) is 25.2 Å². The molecule has 2 aliphatic heterocycles. The summed E-state index contributed by atoms with van der Waals surface area (Å²) in [5.74, 6) is -0.147. The van der Waals surface area contributed by atoms with E-state index in [0.29, 0.717) is 31.1 Å². The van der Waals surface area contributed by atoms with Crippen LogP contribution in [0.1, 0.15) is 12.0 Å². The number of likely N-dealkylation sites (tertiary alicyclic amines) is 1. The molecule has 0 unspecified atom stereocenters. The number of halogens is 1. The molecular weight excluding hydrogens is 516 g/mol. The van der Waals surface area contributed by atoms with E-state index in [-0.39, 0.29) is 22.8 Å². The molecule has 0 aromatic heterocycles. The number of aromatic hydroxyl groups is 1. The molecule has 3 aromatic carbocycles. The summed E-state index contributed by atoms with van der Waals surface area (Å²) in [6, 6.07) is 18.5. The lowest BCUT2D eigenvalue weighted by molar-refractivity contribution is 0.216. The lowest BCUT2D eigenvalue weighted by Gasteiger charge is -2.31. The molecule has 0 radical (unpaired) electrons. The Morgan fingerprint density at radius 1 is 1.00 bits per heavy atom. The maximum Gasteiger partial charge on any atom is 0.323 e. The molecule has 5 rings (SSSR count). The van der Waals surface area contributed by atoms with Crippen LogP contribution in [0.5, 0.6) is 11.5 Å². The Morgan fingerprint density at radius 3 is 2.41 bits per heavy atom. The molecule has 37 heavy (non-hydrogen) atoms. The third kappa shape index (κ3) is 5.10. The fourth-order valence-corrected chi connectivity index (χ4v) is 7.10. The molecule has 3 N–H and O–H groups in total. The number of amides is 2. The quantitative estimate of drug-likeness (QED) is 0.383. The van der Waals surface area contributed by atoms with E-state index < -0.39 is 26.7 Å². The van der Waals surface area contributed by atoms with Gasteiger partial charge in [0.1, 0.15) is 17.3 Å². The number of anilines is 2. The molecule has 2 atom stereocenters. The molecule has 2 bridgehead atoms. The smallest absolute Gasteiger partial charge is 0.323 e. The number of phenolic OH excluding ortho intramolecular Hbond substituents is 1. The second-order valence-corrected chi connectivity index (χ2v) is 11.4. The summed E-state index contributed by atoms with van der Waals surface area (Å²) in [5.41, 5.74) is 1.30. The minimum absolute atomic E-state index is 0.0790. The normalized spacial score (nSPS) is 19.6. The van der Waals surface area contributed by atoms with Crippen LogP contribution in [-0.2, 0) is 16.6 Å². The summed E-state index contributed by atoms with van der Waals surface area (Å²) in [6.45, 7) is 1.26. The fourth-order valence-electron chi connectivity index (χ4n) is 4.84. The topological polar surface area (TPSA) is 111 Å². The minimum Gasteiger partial charge on any atom is -0.504 e. The number of carbonyl (C=O) groups is 1. The van der Waals surface area contributed by atoms with E-state index in [0.717, 1.165) is 12.0 Å². The first-order valence-electron chi connectivity index (χ1n) is 11.8. The summed E-state index contributed by atoms with van der Waals surface area (Å²) in [6.07, 6.45) is 0.736. The van der Waals surface area contributed by atoms with Gasteiger partial charge in [-0.05, 0) is 43.3 Å². The average Bonchev–Trinajstić information content (AvgIpc) is 3.46. The molecule has 2 aliphatic rings. The van der Waals surface area contributed by atoms with E-state index in [9.17, 15) is 18.3 Å². The van der Waals surface area contributed by atoms with Gasteiger partial charge in [-0.2, -0.15) is 4.31 Å². The first-order chi connectivity index (χ1) is 17.7. The van der Waals surface area contributed by atoms with Crippen molar-refractivity contribution < 1.29 is 23.1 Å². The van der Waals surface area contributed by atoms with E-state index in [1.807, 2.05) is 37.4 Å². The number of sulfonamides is 1. The van der Waals surface area contributed by atoms with Gasteiger partial charge < -0.3 is 25.4 Å². The molecule has 2 fully saturated rings. The number of likely N-dealkylation sites (N-methyl/N-ethyl adjacent to an activating group) is 1. The van der Waals surface area contributed by atoms with E-state index in [4.69, 9.17) is 16.3 Å². The zero-order chi connectivity index (χ0) is 26.2. The van der Waals surface area contributed by atoms with Gasteiger partial charge in [0.25, 0.3) is 0 Å². The molecule has 9 nitrogen and oxygen atoms in total. The Labute approximate surface area is 220 Å². The van der Waals surface area contributed by atoms with Crippen LogP contribution in [0.25, 0.3) is 0 Å². The summed E-state index contributed by atoms with van der Waals surface area (Å²) < 4.78 is 34.2. The summed E-state index contributed by atoms with van der Waals surface area (Å²) in [4.78, 5) is 14.5. The molecule has 0 saturated carbocycles. The van der Waals surface area contributed by atoms with Crippen LogP contribution in [0.2, 0.25) is 5.02 Å². The fraction of sp³-hybridized carbons (Fsp3) is 0.269. The first-order valence-corrected chi connectivity index (χ1v) is 13.6. The number of benzene rings is 3. The molecule has 2 saturated heterocycles. The Morgan fingerprint density at radius 2 is 1.70 bits per heavy atom. The highest BCUT2D eigenvalue weighted by molar-refractivity contribution is 7.89. The lowest BCUT2D eigenvalue weighted by atomic mass is 10.2. The van der Waals surface area contributed by atoms with Crippen LogP contribution in [0.4, 0.5) is 16.2 Å². The maximum absolute atomic E-state index is 13.5. The summed E-state index contributed by atoms with van der Waals surface area (Å²) >= 11 is 6.25. The van der Waals surface area contributed by atoms with Gasteiger partial charge in [-0.15, -0.1) is 0 Å². The van der Waals surface area contributed by atoms with Gasteiger partial charge in [-0.3, -0.25) is 0 Å². The molecule has 11 heteroatoms. The number of fused-ring (bicyclic) bond motifs is 2. The number of nitrogens with one attached hydrogen (secondary N) is 2. The van der Waals surface area contributed by atoms with Crippen LogP contribution < -0.4 is 15.4 Å². The van der Waals surface area contributed by atoms with Crippen LogP contribution in [0.3, 0.4) is 0 Å². The van der Waals surface area contributed by atoms with Crippen molar-refractivity contribution in [2.24, 2.45) is 0 Å². The minimum atomic E-state index is -4.08. The average molecular weight is 543 g/mol. The highest BCUT2D eigenvalue weighted by Crippen LogP contribution is 2.42. The third-order valence-electron chi connectivity index (χ3n) is 6.73. The number of piperazine rings is 1. The first kappa shape index (κ1) is 25.3. The Balaban J connectivity index is 1.32. The predicted molar refractivity (Wildman–Crippen MR) is 142 cm³/mol. The molecule has 3 aromatic rings. The number of ether oxygens (including phenoxy) is 1. The SMILES string of the molecule is CN1C[C@@H]2C[C@H]1CN2S(=O)(=O)c1c(Cl)ccc(NC(=O)Nc2ccccc2OCc2ccccc2)c1O. The highest BCUT2D eigenvalue weighted by Gasteiger charge is 2.48. The predicted octanol–water partition coefficient (Wildman–Crippen LogP) is 4.35. The number of carbonyl (C=O) groups excluding carboxylic acids is 1. The van der Waals surface area contributed by atoms with Crippen LogP contribution >= 0.6 is 11.6 Å². The largest absolute Gasteiger partial charge is 0.504 e. The second kappa shape index (κ2) is 10.2. The zero-order valence-corrected chi connectivity index (χ0v) is 21.7.